The number of aromatic nitrogens is 2. The lowest BCUT2D eigenvalue weighted by molar-refractivity contribution is 0.0931. The Morgan fingerprint density at radius 3 is 2.76 bits per heavy atom. The van der Waals surface area contributed by atoms with Gasteiger partial charge in [-0.15, -0.1) is 0 Å². The molecule has 0 radical (unpaired) electrons. The Morgan fingerprint density at radius 2 is 2.00 bits per heavy atom. The second-order valence-corrected chi connectivity index (χ2v) is 5.91. The van der Waals surface area contributed by atoms with E-state index in [1.807, 2.05) is 34.9 Å². The number of fused-ring (bicyclic) bond motifs is 1. The number of benzene rings is 1. The topological polar surface area (TPSA) is 85.2 Å². The van der Waals surface area contributed by atoms with E-state index in [0.29, 0.717) is 31.1 Å². The van der Waals surface area contributed by atoms with Crippen LogP contribution in [0.3, 0.4) is 0 Å². The summed E-state index contributed by atoms with van der Waals surface area (Å²) in [5, 5.41) is 5.62. The lowest BCUT2D eigenvalue weighted by Gasteiger charge is -2.17. The summed E-state index contributed by atoms with van der Waals surface area (Å²) in [7, 11) is 1.58. The molecular formula is C18H22N4O3. The zero-order valence-electron chi connectivity index (χ0n) is 14.2. The van der Waals surface area contributed by atoms with Gasteiger partial charge in [0.1, 0.15) is 5.69 Å². The minimum absolute atomic E-state index is 0.263. The van der Waals surface area contributed by atoms with Gasteiger partial charge in [0.25, 0.3) is 11.8 Å². The average molecular weight is 342 g/mol. The maximum Gasteiger partial charge on any atom is 0.291 e. The molecule has 2 N–H and O–H groups in total. The van der Waals surface area contributed by atoms with Crippen molar-refractivity contribution in [3.63, 3.8) is 0 Å². The first-order valence-electron chi connectivity index (χ1n) is 8.43. The zero-order chi connectivity index (χ0) is 17.6. The summed E-state index contributed by atoms with van der Waals surface area (Å²) in [6, 6.07) is 9.22. The van der Waals surface area contributed by atoms with Crippen molar-refractivity contribution in [2.45, 2.75) is 25.8 Å². The van der Waals surface area contributed by atoms with E-state index in [-0.39, 0.29) is 17.6 Å². The SMILES string of the molecule is COCCNC(=O)c1nc(C(=O)Nc2ccccc2)n2c1CCCC2. The number of carbonyl (C=O) groups is 2. The molecule has 0 aliphatic carbocycles. The summed E-state index contributed by atoms with van der Waals surface area (Å²) >= 11 is 0. The highest BCUT2D eigenvalue weighted by Crippen LogP contribution is 2.22. The largest absolute Gasteiger partial charge is 0.383 e. The molecule has 2 heterocycles. The van der Waals surface area contributed by atoms with Gasteiger partial charge in [-0.05, 0) is 31.4 Å². The van der Waals surface area contributed by atoms with Crippen LogP contribution in [0.2, 0.25) is 0 Å². The Kier molecular flexibility index (Phi) is 5.45. The molecule has 25 heavy (non-hydrogen) atoms. The van der Waals surface area contributed by atoms with Crippen LogP contribution in [0.4, 0.5) is 5.69 Å². The van der Waals surface area contributed by atoms with Gasteiger partial charge >= 0.3 is 0 Å². The number of rotatable bonds is 6. The Bertz CT molecular complexity index is 755. The number of methoxy groups -OCH3 is 1. The van der Waals surface area contributed by atoms with Crippen LogP contribution in [0.25, 0.3) is 0 Å². The van der Waals surface area contributed by atoms with Crippen LogP contribution in [0.15, 0.2) is 30.3 Å². The van der Waals surface area contributed by atoms with E-state index in [4.69, 9.17) is 4.74 Å². The fourth-order valence-electron chi connectivity index (χ4n) is 2.96. The molecule has 0 atom stereocenters. The summed E-state index contributed by atoms with van der Waals surface area (Å²) in [5.41, 5.74) is 1.88. The van der Waals surface area contributed by atoms with Crippen LogP contribution >= 0.6 is 0 Å². The van der Waals surface area contributed by atoms with Gasteiger partial charge in [0, 0.05) is 25.9 Å². The number of nitrogens with zero attached hydrogens (tertiary/aromatic N) is 2. The third kappa shape index (κ3) is 3.88. The molecular weight excluding hydrogens is 320 g/mol. The van der Waals surface area contributed by atoms with E-state index in [9.17, 15) is 9.59 Å². The maximum atomic E-state index is 12.6. The number of anilines is 1. The summed E-state index contributed by atoms with van der Waals surface area (Å²) in [6.45, 7) is 1.54. The second kappa shape index (κ2) is 7.94. The second-order valence-electron chi connectivity index (χ2n) is 5.91. The quantitative estimate of drug-likeness (QED) is 0.785. The molecule has 0 unspecified atom stereocenters. The third-order valence-corrected chi connectivity index (χ3v) is 4.16. The van der Waals surface area contributed by atoms with Gasteiger partial charge in [-0.3, -0.25) is 9.59 Å². The Morgan fingerprint density at radius 1 is 1.20 bits per heavy atom. The average Bonchev–Trinajstić information content (AvgIpc) is 3.03. The van der Waals surface area contributed by atoms with Gasteiger partial charge in [0.2, 0.25) is 0 Å². The van der Waals surface area contributed by atoms with E-state index in [1.165, 1.54) is 0 Å². The Labute approximate surface area is 146 Å². The fraction of sp³-hybridized carbons (Fsp3) is 0.389. The van der Waals surface area contributed by atoms with Crippen molar-refractivity contribution in [1.29, 1.82) is 0 Å². The van der Waals surface area contributed by atoms with Crippen molar-refractivity contribution in [2.75, 3.05) is 25.6 Å². The molecule has 1 aliphatic heterocycles. The van der Waals surface area contributed by atoms with Crippen LogP contribution in [0.5, 0.6) is 0 Å². The van der Waals surface area contributed by atoms with Crippen LogP contribution in [0, 0.1) is 0 Å². The first kappa shape index (κ1) is 17.2. The van der Waals surface area contributed by atoms with Crippen molar-refractivity contribution >= 4 is 17.5 Å². The molecule has 0 saturated heterocycles. The summed E-state index contributed by atoms with van der Waals surface area (Å²) < 4.78 is 6.81. The Hall–Kier alpha value is -2.67. The normalized spacial score (nSPS) is 13.2. The van der Waals surface area contributed by atoms with E-state index < -0.39 is 0 Å². The standard InChI is InChI=1S/C18H22N4O3/c1-25-12-10-19-17(23)15-14-9-5-6-11-22(14)16(21-15)18(24)20-13-7-3-2-4-8-13/h2-4,7-8H,5-6,9-12H2,1H3,(H,19,23)(H,20,24). The zero-order valence-corrected chi connectivity index (χ0v) is 14.2. The highest BCUT2D eigenvalue weighted by Gasteiger charge is 2.27. The number of hydrogen-bond acceptors (Lipinski definition) is 4. The first-order chi connectivity index (χ1) is 12.2. The number of imidazole rings is 1. The van der Waals surface area contributed by atoms with Gasteiger partial charge in [0.15, 0.2) is 5.82 Å². The molecule has 1 aromatic carbocycles. The minimum atomic E-state index is -0.301. The molecule has 0 bridgehead atoms. The smallest absolute Gasteiger partial charge is 0.291 e. The van der Waals surface area contributed by atoms with Gasteiger partial charge < -0.3 is 19.9 Å². The molecule has 2 amide bonds. The first-order valence-corrected chi connectivity index (χ1v) is 8.43. The number of amides is 2. The molecule has 132 valence electrons. The molecule has 7 heteroatoms. The van der Waals surface area contributed by atoms with Crippen molar-refractivity contribution in [1.82, 2.24) is 14.9 Å². The lowest BCUT2D eigenvalue weighted by atomic mass is 10.1. The Balaban J connectivity index is 1.84. The predicted octanol–water partition coefficient (Wildman–Crippen LogP) is 1.85. The summed E-state index contributed by atoms with van der Waals surface area (Å²) in [6.07, 6.45) is 2.71. The van der Waals surface area contributed by atoms with E-state index in [2.05, 4.69) is 15.6 Å². The molecule has 1 aliphatic rings. The molecule has 3 rings (SSSR count). The van der Waals surface area contributed by atoms with Crippen LogP contribution in [0.1, 0.15) is 39.6 Å². The molecule has 0 saturated carbocycles. The predicted molar refractivity (Wildman–Crippen MR) is 93.8 cm³/mol. The highest BCUT2D eigenvalue weighted by atomic mass is 16.5. The molecule has 7 nitrogen and oxygen atoms in total. The van der Waals surface area contributed by atoms with Crippen LogP contribution in [-0.4, -0.2) is 41.6 Å². The number of nitrogens with one attached hydrogen (secondary N) is 2. The molecule has 1 aromatic heterocycles. The fourth-order valence-corrected chi connectivity index (χ4v) is 2.96. The monoisotopic (exact) mass is 342 g/mol. The number of carbonyl (C=O) groups excluding carboxylic acids is 2. The van der Waals surface area contributed by atoms with E-state index in [1.54, 1.807) is 7.11 Å². The number of para-hydroxylation sites is 1. The molecule has 2 aromatic rings. The number of ether oxygens (including phenoxy) is 1. The lowest BCUT2D eigenvalue weighted by Crippen LogP contribution is -2.28. The summed E-state index contributed by atoms with van der Waals surface area (Å²) in [5.74, 6) is -0.276. The van der Waals surface area contributed by atoms with Crippen LogP contribution in [-0.2, 0) is 17.7 Å². The van der Waals surface area contributed by atoms with Crippen molar-refractivity contribution in [2.24, 2.45) is 0 Å². The third-order valence-electron chi connectivity index (χ3n) is 4.16. The van der Waals surface area contributed by atoms with Gasteiger partial charge in [-0.1, -0.05) is 18.2 Å². The maximum absolute atomic E-state index is 12.6. The minimum Gasteiger partial charge on any atom is -0.383 e. The summed E-state index contributed by atoms with van der Waals surface area (Å²) in [4.78, 5) is 29.4. The van der Waals surface area contributed by atoms with E-state index in [0.717, 1.165) is 25.0 Å². The van der Waals surface area contributed by atoms with Gasteiger partial charge in [0.05, 0.1) is 12.3 Å². The van der Waals surface area contributed by atoms with Crippen molar-refractivity contribution in [3.8, 4) is 0 Å². The van der Waals surface area contributed by atoms with E-state index >= 15 is 0 Å². The highest BCUT2D eigenvalue weighted by molar-refractivity contribution is 6.03. The molecule has 0 spiro atoms. The van der Waals surface area contributed by atoms with Crippen LogP contribution < -0.4 is 10.6 Å². The number of hydrogen-bond donors (Lipinski definition) is 2. The molecule has 0 fully saturated rings. The van der Waals surface area contributed by atoms with Crippen molar-refractivity contribution in [3.05, 3.63) is 47.5 Å². The van der Waals surface area contributed by atoms with Gasteiger partial charge in [-0.2, -0.15) is 0 Å². The van der Waals surface area contributed by atoms with Gasteiger partial charge in [-0.25, -0.2) is 4.98 Å². The van der Waals surface area contributed by atoms with Crippen molar-refractivity contribution < 1.29 is 14.3 Å².